The lowest BCUT2D eigenvalue weighted by Gasteiger charge is -2.05. The van der Waals surface area contributed by atoms with E-state index in [9.17, 15) is 4.79 Å². The molecule has 0 radical (unpaired) electrons. The van der Waals surface area contributed by atoms with Gasteiger partial charge in [-0.3, -0.25) is 0 Å². The van der Waals surface area contributed by atoms with Crippen LogP contribution in [0.5, 0.6) is 5.75 Å². The van der Waals surface area contributed by atoms with Crippen LogP contribution in [0.2, 0.25) is 0 Å². The molecule has 0 spiro atoms. The molecule has 5 nitrogen and oxygen atoms in total. The first kappa shape index (κ1) is 13.9. The number of aromatic nitrogens is 1. The van der Waals surface area contributed by atoms with Crippen LogP contribution in [0, 0.1) is 0 Å². The summed E-state index contributed by atoms with van der Waals surface area (Å²) in [6, 6.07) is 10.8. The largest absolute Gasteiger partial charge is 0.497 e. The average molecular weight is 272 g/mol. The van der Waals surface area contributed by atoms with E-state index < -0.39 is 5.97 Å². The van der Waals surface area contributed by atoms with Crippen LogP contribution < -0.4 is 10.5 Å². The standard InChI is InChI=1S/C15H16N2O3/c1-19-13-5-2-11(3-6-13)8-9-20-15(18)14-7-4-12(16)10-17-14/h2-7,10H,8-9,16H2,1H3. The third-order valence-corrected chi connectivity index (χ3v) is 2.78. The number of hydrogen-bond acceptors (Lipinski definition) is 5. The Morgan fingerprint density at radius 1 is 1.20 bits per heavy atom. The first-order valence-corrected chi connectivity index (χ1v) is 6.20. The van der Waals surface area contributed by atoms with Gasteiger partial charge in [-0.05, 0) is 29.8 Å². The van der Waals surface area contributed by atoms with Crippen LogP contribution in [0.4, 0.5) is 5.69 Å². The van der Waals surface area contributed by atoms with Crippen molar-refractivity contribution >= 4 is 11.7 Å². The fourth-order valence-corrected chi connectivity index (χ4v) is 1.65. The van der Waals surface area contributed by atoms with E-state index in [1.54, 1.807) is 19.2 Å². The van der Waals surface area contributed by atoms with Gasteiger partial charge in [0, 0.05) is 6.42 Å². The van der Waals surface area contributed by atoms with Gasteiger partial charge in [-0.15, -0.1) is 0 Å². The van der Waals surface area contributed by atoms with Crippen molar-refractivity contribution in [2.45, 2.75) is 6.42 Å². The summed E-state index contributed by atoms with van der Waals surface area (Å²) in [6.07, 6.45) is 2.07. The van der Waals surface area contributed by atoms with Gasteiger partial charge < -0.3 is 15.2 Å². The number of nitrogens with zero attached hydrogens (tertiary/aromatic N) is 1. The molecule has 2 aromatic rings. The summed E-state index contributed by atoms with van der Waals surface area (Å²) in [4.78, 5) is 15.6. The molecule has 104 valence electrons. The monoisotopic (exact) mass is 272 g/mol. The number of nitrogens with two attached hydrogens (primary N) is 1. The van der Waals surface area contributed by atoms with Crippen molar-refractivity contribution in [2.24, 2.45) is 0 Å². The fourth-order valence-electron chi connectivity index (χ4n) is 1.65. The highest BCUT2D eigenvalue weighted by atomic mass is 16.5. The van der Waals surface area contributed by atoms with Gasteiger partial charge in [0.1, 0.15) is 11.4 Å². The molecule has 0 saturated heterocycles. The van der Waals surface area contributed by atoms with E-state index in [0.717, 1.165) is 11.3 Å². The third-order valence-electron chi connectivity index (χ3n) is 2.78. The summed E-state index contributed by atoms with van der Waals surface area (Å²) >= 11 is 0. The summed E-state index contributed by atoms with van der Waals surface area (Å²) in [5, 5.41) is 0. The zero-order chi connectivity index (χ0) is 14.4. The van der Waals surface area contributed by atoms with E-state index in [4.69, 9.17) is 15.2 Å². The lowest BCUT2D eigenvalue weighted by atomic mass is 10.1. The zero-order valence-corrected chi connectivity index (χ0v) is 11.2. The molecule has 0 saturated carbocycles. The molecule has 0 unspecified atom stereocenters. The Morgan fingerprint density at radius 3 is 2.55 bits per heavy atom. The summed E-state index contributed by atoms with van der Waals surface area (Å²) < 4.78 is 10.2. The van der Waals surface area contributed by atoms with Crippen LogP contribution in [-0.2, 0) is 11.2 Å². The van der Waals surface area contributed by atoms with Crippen molar-refractivity contribution in [1.82, 2.24) is 4.98 Å². The van der Waals surface area contributed by atoms with E-state index >= 15 is 0 Å². The molecule has 0 fully saturated rings. The highest BCUT2D eigenvalue weighted by Crippen LogP contribution is 2.12. The maximum Gasteiger partial charge on any atom is 0.356 e. The van der Waals surface area contributed by atoms with Gasteiger partial charge in [0.25, 0.3) is 0 Å². The van der Waals surface area contributed by atoms with Crippen LogP contribution in [0.1, 0.15) is 16.1 Å². The third kappa shape index (κ3) is 3.71. The topological polar surface area (TPSA) is 74.4 Å². The number of hydrogen-bond donors (Lipinski definition) is 1. The minimum absolute atomic E-state index is 0.258. The number of carbonyl (C=O) groups excluding carboxylic acids is 1. The second-order valence-electron chi connectivity index (χ2n) is 4.21. The molecule has 0 amide bonds. The van der Waals surface area contributed by atoms with Crippen LogP contribution in [-0.4, -0.2) is 24.7 Å². The van der Waals surface area contributed by atoms with Crippen molar-refractivity contribution in [1.29, 1.82) is 0 Å². The van der Waals surface area contributed by atoms with Gasteiger partial charge >= 0.3 is 5.97 Å². The first-order chi connectivity index (χ1) is 9.69. The van der Waals surface area contributed by atoms with Crippen molar-refractivity contribution in [2.75, 3.05) is 19.5 Å². The zero-order valence-electron chi connectivity index (χ0n) is 11.2. The molecule has 20 heavy (non-hydrogen) atoms. The summed E-state index contributed by atoms with van der Waals surface area (Å²) in [5.74, 6) is 0.357. The first-order valence-electron chi connectivity index (χ1n) is 6.20. The van der Waals surface area contributed by atoms with E-state index in [-0.39, 0.29) is 5.69 Å². The highest BCUT2D eigenvalue weighted by molar-refractivity contribution is 5.87. The molecule has 2 rings (SSSR count). The van der Waals surface area contributed by atoms with Crippen LogP contribution in [0.25, 0.3) is 0 Å². The van der Waals surface area contributed by atoms with E-state index in [1.165, 1.54) is 6.20 Å². The predicted molar refractivity (Wildman–Crippen MR) is 75.6 cm³/mol. The molecule has 1 aromatic heterocycles. The molecule has 1 aromatic carbocycles. The second kappa shape index (κ2) is 6.56. The van der Waals surface area contributed by atoms with Gasteiger partial charge in [0.2, 0.25) is 0 Å². The molecule has 2 N–H and O–H groups in total. The van der Waals surface area contributed by atoms with Crippen molar-refractivity contribution in [3.8, 4) is 5.75 Å². The number of benzene rings is 1. The molecule has 5 heteroatoms. The highest BCUT2D eigenvalue weighted by Gasteiger charge is 2.08. The quantitative estimate of drug-likeness (QED) is 0.843. The number of nitrogen functional groups attached to an aromatic ring is 1. The lowest BCUT2D eigenvalue weighted by Crippen LogP contribution is -2.10. The number of rotatable bonds is 5. The van der Waals surface area contributed by atoms with Crippen LogP contribution in [0.15, 0.2) is 42.6 Å². The van der Waals surface area contributed by atoms with E-state index in [2.05, 4.69) is 4.98 Å². The number of methoxy groups -OCH3 is 1. The summed E-state index contributed by atoms with van der Waals surface area (Å²) in [5.41, 5.74) is 7.35. The molecule has 0 aliphatic carbocycles. The number of ether oxygens (including phenoxy) is 2. The summed E-state index contributed by atoms with van der Waals surface area (Å²) in [7, 11) is 1.62. The molecular weight excluding hydrogens is 256 g/mol. The molecule has 0 aliphatic rings. The number of carbonyl (C=O) groups is 1. The number of pyridine rings is 1. The Bertz CT molecular complexity index is 565. The Hall–Kier alpha value is -2.56. The lowest BCUT2D eigenvalue weighted by molar-refractivity contribution is 0.0502. The predicted octanol–water partition coefficient (Wildman–Crippen LogP) is 2.07. The normalized spacial score (nSPS) is 10.1. The van der Waals surface area contributed by atoms with Gasteiger partial charge in [-0.2, -0.15) is 0 Å². The number of anilines is 1. The van der Waals surface area contributed by atoms with Crippen molar-refractivity contribution in [3.63, 3.8) is 0 Å². The van der Waals surface area contributed by atoms with E-state index in [0.29, 0.717) is 18.7 Å². The van der Waals surface area contributed by atoms with Gasteiger partial charge in [-0.25, -0.2) is 9.78 Å². The van der Waals surface area contributed by atoms with Gasteiger partial charge in [-0.1, -0.05) is 12.1 Å². The summed E-state index contributed by atoms with van der Waals surface area (Å²) in [6.45, 7) is 0.303. The Labute approximate surface area is 117 Å². The molecular formula is C15H16N2O3. The van der Waals surface area contributed by atoms with Crippen LogP contribution in [0.3, 0.4) is 0 Å². The van der Waals surface area contributed by atoms with Gasteiger partial charge in [0.05, 0.1) is 25.6 Å². The fraction of sp³-hybridized carbons (Fsp3) is 0.200. The Morgan fingerprint density at radius 2 is 1.95 bits per heavy atom. The minimum atomic E-state index is -0.446. The average Bonchev–Trinajstić information content (AvgIpc) is 2.48. The number of esters is 1. The smallest absolute Gasteiger partial charge is 0.356 e. The van der Waals surface area contributed by atoms with Crippen molar-refractivity contribution in [3.05, 3.63) is 53.9 Å². The Balaban J connectivity index is 1.82. The second-order valence-corrected chi connectivity index (χ2v) is 4.21. The van der Waals surface area contributed by atoms with Gasteiger partial charge in [0.15, 0.2) is 0 Å². The molecule has 1 heterocycles. The molecule has 0 atom stereocenters. The van der Waals surface area contributed by atoms with Crippen molar-refractivity contribution < 1.29 is 14.3 Å². The SMILES string of the molecule is COc1ccc(CCOC(=O)c2ccc(N)cn2)cc1. The maximum absolute atomic E-state index is 11.7. The van der Waals surface area contributed by atoms with Crippen LogP contribution >= 0.6 is 0 Å². The molecule has 0 aliphatic heterocycles. The maximum atomic E-state index is 11.7. The minimum Gasteiger partial charge on any atom is -0.497 e. The molecule has 0 bridgehead atoms. The Kier molecular flexibility index (Phi) is 4.55. The van der Waals surface area contributed by atoms with E-state index in [1.807, 2.05) is 24.3 Å².